The van der Waals surface area contributed by atoms with Crippen LogP contribution in [0.2, 0.25) is 0 Å². The number of nitrogens with one attached hydrogen (secondary N) is 1. The second-order valence-corrected chi connectivity index (χ2v) is 4.09. The highest BCUT2D eigenvalue weighted by Crippen LogP contribution is 2.03. The molecule has 0 saturated carbocycles. The average molecular weight is 215 g/mol. The third-order valence-electron chi connectivity index (χ3n) is 1.83. The van der Waals surface area contributed by atoms with Gasteiger partial charge in [0.1, 0.15) is 4.88 Å². The molecule has 0 bridgehead atoms. The number of hydrogen-bond acceptors (Lipinski definition) is 5. The van der Waals surface area contributed by atoms with Gasteiger partial charge in [-0.1, -0.05) is 18.3 Å². The first-order valence-corrected chi connectivity index (χ1v) is 5.12. The van der Waals surface area contributed by atoms with Crippen LogP contribution in [0, 0.1) is 5.92 Å². The van der Waals surface area contributed by atoms with E-state index < -0.39 is 6.10 Å². The van der Waals surface area contributed by atoms with Crippen molar-refractivity contribution in [2.45, 2.75) is 20.0 Å². The minimum absolute atomic E-state index is 0.134. The molecule has 0 aliphatic heterocycles. The van der Waals surface area contributed by atoms with Crippen molar-refractivity contribution in [2.24, 2.45) is 5.92 Å². The van der Waals surface area contributed by atoms with Crippen LogP contribution in [-0.4, -0.2) is 33.2 Å². The molecule has 2 N–H and O–H groups in total. The molecule has 0 fully saturated rings. The van der Waals surface area contributed by atoms with Crippen LogP contribution in [0.5, 0.6) is 0 Å². The van der Waals surface area contributed by atoms with Gasteiger partial charge >= 0.3 is 0 Å². The number of carbonyl (C=O) groups is 1. The van der Waals surface area contributed by atoms with E-state index in [0.717, 1.165) is 11.5 Å². The molecule has 14 heavy (non-hydrogen) atoms. The summed E-state index contributed by atoms with van der Waals surface area (Å²) in [5.41, 5.74) is 0. The van der Waals surface area contributed by atoms with Gasteiger partial charge in [0.25, 0.3) is 5.91 Å². The second-order valence-electron chi connectivity index (χ2n) is 3.30. The molecule has 1 heterocycles. The first kappa shape index (κ1) is 11.1. The minimum Gasteiger partial charge on any atom is -0.391 e. The van der Waals surface area contributed by atoms with E-state index in [-0.39, 0.29) is 18.4 Å². The highest BCUT2D eigenvalue weighted by Gasteiger charge is 2.12. The SMILES string of the molecule is CC(C)C(O)CNC(=O)c1cnns1. The molecule has 0 saturated heterocycles. The number of hydrogen-bond donors (Lipinski definition) is 2. The lowest BCUT2D eigenvalue weighted by atomic mass is 10.1. The van der Waals surface area contributed by atoms with Crippen LogP contribution >= 0.6 is 11.5 Å². The molecule has 5 nitrogen and oxygen atoms in total. The fourth-order valence-electron chi connectivity index (χ4n) is 0.787. The van der Waals surface area contributed by atoms with Gasteiger partial charge in [-0.2, -0.15) is 0 Å². The van der Waals surface area contributed by atoms with Crippen molar-refractivity contribution >= 4 is 17.4 Å². The van der Waals surface area contributed by atoms with Gasteiger partial charge in [0.15, 0.2) is 0 Å². The number of aliphatic hydroxyl groups is 1. The number of amides is 1. The molecule has 1 rings (SSSR count). The Bertz CT molecular complexity index is 287. The number of carbonyl (C=O) groups excluding carboxylic acids is 1. The van der Waals surface area contributed by atoms with Crippen molar-refractivity contribution in [2.75, 3.05) is 6.54 Å². The molecule has 0 aromatic carbocycles. The topological polar surface area (TPSA) is 75.1 Å². The Hall–Kier alpha value is -1.01. The molecule has 0 aliphatic rings. The lowest BCUT2D eigenvalue weighted by Gasteiger charge is -2.14. The largest absolute Gasteiger partial charge is 0.391 e. The van der Waals surface area contributed by atoms with E-state index in [1.165, 1.54) is 6.20 Å². The van der Waals surface area contributed by atoms with Crippen molar-refractivity contribution in [3.8, 4) is 0 Å². The molecule has 6 heteroatoms. The van der Waals surface area contributed by atoms with E-state index in [2.05, 4.69) is 14.9 Å². The monoisotopic (exact) mass is 215 g/mol. The van der Waals surface area contributed by atoms with Gasteiger partial charge in [0, 0.05) is 6.54 Å². The van der Waals surface area contributed by atoms with Crippen LogP contribution in [0.1, 0.15) is 23.5 Å². The third kappa shape index (κ3) is 3.04. The highest BCUT2D eigenvalue weighted by molar-refractivity contribution is 7.07. The molecule has 1 amide bonds. The zero-order valence-corrected chi connectivity index (χ0v) is 8.91. The van der Waals surface area contributed by atoms with E-state index in [9.17, 15) is 9.90 Å². The summed E-state index contributed by atoms with van der Waals surface area (Å²) in [6, 6.07) is 0. The molecule has 78 valence electrons. The summed E-state index contributed by atoms with van der Waals surface area (Å²) in [7, 11) is 0. The van der Waals surface area contributed by atoms with Crippen LogP contribution in [-0.2, 0) is 0 Å². The Morgan fingerprint density at radius 3 is 2.93 bits per heavy atom. The first-order valence-electron chi connectivity index (χ1n) is 4.35. The van der Waals surface area contributed by atoms with Crippen molar-refractivity contribution in [1.82, 2.24) is 14.9 Å². The van der Waals surface area contributed by atoms with Crippen LogP contribution in [0.15, 0.2) is 6.20 Å². The number of aliphatic hydroxyl groups excluding tert-OH is 1. The molecule has 1 aromatic rings. The molecule has 0 spiro atoms. The fraction of sp³-hybridized carbons (Fsp3) is 0.625. The Morgan fingerprint density at radius 1 is 1.71 bits per heavy atom. The van der Waals surface area contributed by atoms with E-state index in [1.54, 1.807) is 0 Å². The minimum atomic E-state index is -0.514. The molecular weight excluding hydrogens is 202 g/mol. The predicted octanol–water partition coefficient (Wildman–Crippen LogP) is 0.285. The molecule has 0 aliphatic carbocycles. The van der Waals surface area contributed by atoms with Gasteiger partial charge in [0.05, 0.1) is 12.3 Å². The van der Waals surface area contributed by atoms with Crippen molar-refractivity contribution in [3.05, 3.63) is 11.1 Å². The summed E-state index contributed by atoms with van der Waals surface area (Å²) in [6.07, 6.45) is 0.890. The Morgan fingerprint density at radius 2 is 2.43 bits per heavy atom. The Balaban J connectivity index is 2.36. The van der Waals surface area contributed by atoms with E-state index in [4.69, 9.17) is 0 Å². The van der Waals surface area contributed by atoms with Gasteiger partial charge in [-0.05, 0) is 17.5 Å². The zero-order chi connectivity index (χ0) is 10.6. The first-order chi connectivity index (χ1) is 6.61. The summed E-state index contributed by atoms with van der Waals surface area (Å²) in [5.74, 6) is -0.102. The fourth-order valence-corrected chi connectivity index (χ4v) is 1.22. The average Bonchev–Trinajstić information content (AvgIpc) is 2.66. The third-order valence-corrected chi connectivity index (χ3v) is 2.49. The van der Waals surface area contributed by atoms with Crippen molar-refractivity contribution in [3.63, 3.8) is 0 Å². The Kier molecular flexibility index (Phi) is 3.97. The van der Waals surface area contributed by atoms with Crippen molar-refractivity contribution in [1.29, 1.82) is 0 Å². The normalized spacial score (nSPS) is 12.9. The van der Waals surface area contributed by atoms with Crippen LogP contribution < -0.4 is 5.32 Å². The standard InChI is InChI=1S/C8H13N3O2S/c1-5(2)6(12)3-9-8(13)7-4-10-11-14-7/h4-6,12H,3H2,1-2H3,(H,9,13). The zero-order valence-electron chi connectivity index (χ0n) is 8.10. The quantitative estimate of drug-likeness (QED) is 0.756. The van der Waals surface area contributed by atoms with Gasteiger partial charge in [-0.25, -0.2) is 0 Å². The predicted molar refractivity (Wildman–Crippen MR) is 53.1 cm³/mol. The lowest BCUT2D eigenvalue weighted by Crippen LogP contribution is -2.34. The highest BCUT2D eigenvalue weighted by atomic mass is 32.1. The molecule has 1 aromatic heterocycles. The number of aromatic nitrogens is 2. The van der Waals surface area contributed by atoms with E-state index in [1.807, 2.05) is 13.8 Å². The molecule has 1 unspecified atom stereocenters. The maximum absolute atomic E-state index is 11.3. The van der Waals surface area contributed by atoms with Gasteiger partial charge in [-0.15, -0.1) is 5.10 Å². The Labute approximate surface area is 86.3 Å². The summed E-state index contributed by atoms with van der Waals surface area (Å²) in [6.45, 7) is 4.05. The van der Waals surface area contributed by atoms with Gasteiger partial charge < -0.3 is 10.4 Å². The van der Waals surface area contributed by atoms with Crippen molar-refractivity contribution < 1.29 is 9.90 Å². The summed E-state index contributed by atoms with van der Waals surface area (Å²) in [4.78, 5) is 11.8. The molecule has 1 atom stereocenters. The summed E-state index contributed by atoms with van der Waals surface area (Å²) in [5, 5.41) is 15.6. The summed E-state index contributed by atoms with van der Waals surface area (Å²) < 4.78 is 3.57. The second kappa shape index (κ2) is 5.02. The van der Waals surface area contributed by atoms with Crippen LogP contribution in [0.3, 0.4) is 0 Å². The maximum atomic E-state index is 11.3. The maximum Gasteiger partial charge on any atom is 0.264 e. The van der Waals surface area contributed by atoms with Gasteiger partial charge in [-0.3, -0.25) is 4.79 Å². The van der Waals surface area contributed by atoms with E-state index in [0.29, 0.717) is 4.88 Å². The van der Waals surface area contributed by atoms with E-state index >= 15 is 0 Å². The molecular formula is C8H13N3O2S. The van der Waals surface area contributed by atoms with Crippen LogP contribution in [0.4, 0.5) is 0 Å². The van der Waals surface area contributed by atoms with Gasteiger partial charge in [0.2, 0.25) is 0 Å². The number of rotatable bonds is 4. The summed E-state index contributed by atoms with van der Waals surface area (Å²) >= 11 is 1.04. The van der Waals surface area contributed by atoms with Crippen LogP contribution in [0.25, 0.3) is 0 Å². The lowest BCUT2D eigenvalue weighted by molar-refractivity contribution is 0.0875. The number of nitrogens with zero attached hydrogens (tertiary/aromatic N) is 2. The molecule has 0 radical (unpaired) electrons. The smallest absolute Gasteiger partial charge is 0.264 e.